The van der Waals surface area contributed by atoms with E-state index in [0.29, 0.717) is 6.04 Å². The Morgan fingerprint density at radius 2 is 2.11 bits per heavy atom. The number of nitrogens with one attached hydrogen (secondary N) is 1. The van der Waals surface area contributed by atoms with Crippen LogP contribution in [-0.2, 0) is 0 Å². The van der Waals surface area contributed by atoms with Crippen molar-refractivity contribution in [2.45, 2.75) is 25.8 Å². The van der Waals surface area contributed by atoms with E-state index in [1.807, 2.05) is 0 Å². The number of aryl methyl sites for hydroxylation is 1. The van der Waals surface area contributed by atoms with Crippen molar-refractivity contribution in [3.05, 3.63) is 23.8 Å². The molecule has 1 N–H and O–H groups in total. The van der Waals surface area contributed by atoms with Crippen LogP contribution in [0.4, 0.5) is 5.13 Å². The van der Waals surface area contributed by atoms with Crippen molar-refractivity contribution in [3.63, 3.8) is 0 Å². The highest BCUT2D eigenvalue weighted by Crippen LogP contribution is 2.28. The number of nitrogens with zero attached hydrogens (tertiary/aromatic N) is 2. The standard InChI is InChI=1S/C14H19N3S/c1-10-3-4-13-12(9-10)16-14(18-13)15-11-5-7-17(2)8-6-11/h3-4,9,11H,5-8H2,1-2H3,(H,15,16). The zero-order valence-corrected chi connectivity index (χ0v) is 11.8. The van der Waals surface area contributed by atoms with Gasteiger partial charge < -0.3 is 10.2 Å². The summed E-state index contributed by atoms with van der Waals surface area (Å²) in [6, 6.07) is 7.07. The summed E-state index contributed by atoms with van der Waals surface area (Å²) < 4.78 is 1.27. The normalized spacial score (nSPS) is 18.3. The van der Waals surface area contributed by atoms with Crippen LogP contribution in [0, 0.1) is 6.92 Å². The van der Waals surface area contributed by atoms with Gasteiger partial charge in [0.1, 0.15) is 0 Å². The Hall–Kier alpha value is -1.13. The molecule has 0 bridgehead atoms. The van der Waals surface area contributed by atoms with Crippen LogP contribution in [0.3, 0.4) is 0 Å². The monoisotopic (exact) mass is 261 g/mol. The number of benzene rings is 1. The first-order valence-electron chi connectivity index (χ1n) is 6.53. The molecule has 18 heavy (non-hydrogen) atoms. The van der Waals surface area contributed by atoms with E-state index >= 15 is 0 Å². The van der Waals surface area contributed by atoms with Gasteiger partial charge in [0.25, 0.3) is 0 Å². The fourth-order valence-electron chi connectivity index (χ4n) is 2.43. The SMILES string of the molecule is Cc1ccc2sc(NC3CCN(C)CC3)nc2c1. The van der Waals surface area contributed by atoms with Crippen molar-refractivity contribution in [3.8, 4) is 0 Å². The fraction of sp³-hybridized carbons (Fsp3) is 0.500. The van der Waals surface area contributed by atoms with E-state index in [1.54, 1.807) is 11.3 Å². The van der Waals surface area contributed by atoms with Gasteiger partial charge in [0.05, 0.1) is 10.2 Å². The molecule has 4 heteroatoms. The van der Waals surface area contributed by atoms with Gasteiger partial charge in [-0.05, 0) is 57.6 Å². The maximum absolute atomic E-state index is 4.68. The number of likely N-dealkylation sites (tertiary alicyclic amines) is 1. The van der Waals surface area contributed by atoms with Crippen molar-refractivity contribution in [2.24, 2.45) is 0 Å². The fourth-order valence-corrected chi connectivity index (χ4v) is 3.35. The quantitative estimate of drug-likeness (QED) is 0.900. The van der Waals surface area contributed by atoms with Crippen molar-refractivity contribution in [1.29, 1.82) is 0 Å². The molecule has 3 rings (SSSR count). The molecule has 0 radical (unpaired) electrons. The molecule has 0 atom stereocenters. The third kappa shape index (κ3) is 2.49. The molecule has 2 heterocycles. The number of anilines is 1. The summed E-state index contributed by atoms with van der Waals surface area (Å²) in [6.45, 7) is 4.48. The maximum atomic E-state index is 4.68. The molecule has 0 amide bonds. The zero-order valence-electron chi connectivity index (χ0n) is 10.9. The van der Waals surface area contributed by atoms with Crippen LogP contribution in [-0.4, -0.2) is 36.1 Å². The van der Waals surface area contributed by atoms with Gasteiger partial charge in [0, 0.05) is 6.04 Å². The topological polar surface area (TPSA) is 28.2 Å². The molecular formula is C14H19N3S. The Labute approximate surface area is 112 Å². The van der Waals surface area contributed by atoms with E-state index in [4.69, 9.17) is 0 Å². The minimum Gasteiger partial charge on any atom is -0.359 e. The molecule has 1 fully saturated rings. The smallest absolute Gasteiger partial charge is 0.184 e. The van der Waals surface area contributed by atoms with Crippen LogP contribution in [0.15, 0.2) is 18.2 Å². The van der Waals surface area contributed by atoms with E-state index in [2.05, 4.69) is 47.4 Å². The van der Waals surface area contributed by atoms with Crippen LogP contribution in [0.2, 0.25) is 0 Å². The van der Waals surface area contributed by atoms with Crippen LogP contribution in [0.1, 0.15) is 18.4 Å². The van der Waals surface area contributed by atoms with Crippen molar-refractivity contribution in [2.75, 3.05) is 25.5 Å². The highest BCUT2D eigenvalue weighted by Gasteiger charge is 2.17. The predicted octanol–water partition coefficient (Wildman–Crippen LogP) is 3.11. The van der Waals surface area contributed by atoms with Crippen LogP contribution < -0.4 is 5.32 Å². The molecule has 0 unspecified atom stereocenters. The molecule has 0 spiro atoms. The van der Waals surface area contributed by atoms with Gasteiger partial charge in [-0.15, -0.1) is 0 Å². The van der Waals surface area contributed by atoms with Gasteiger partial charge in [-0.25, -0.2) is 4.98 Å². The third-order valence-electron chi connectivity index (χ3n) is 3.59. The Morgan fingerprint density at radius 3 is 2.89 bits per heavy atom. The molecule has 1 aromatic heterocycles. The molecule has 1 aromatic carbocycles. The van der Waals surface area contributed by atoms with Gasteiger partial charge in [0.2, 0.25) is 0 Å². The molecule has 0 aliphatic carbocycles. The Kier molecular flexibility index (Phi) is 3.22. The second kappa shape index (κ2) is 4.86. The lowest BCUT2D eigenvalue weighted by Crippen LogP contribution is -2.36. The Bertz CT molecular complexity index is 541. The summed E-state index contributed by atoms with van der Waals surface area (Å²) in [5.41, 5.74) is 2.40. The van der Waals surface area contributed by atoms with Crippen molar-refractivity contribution < 1.29 is 0 Å². The molecule has 0 saturated carbocycles. The van der Waals surface area contributed by atoms with E-state index in [0.717, 1.165) is 10.6 Å². The lowest BCUT2D eigenvalue weighted by Gasteiger charge is -2.29. The van der Waals surface area contributed by atoms with Gasteiger partial charge >= 0.3 is 0 Å². The highest BCUT2D eigenvalue weighted by atomic mass is 32.1. The predicted molar refractivity (Wildman–Crippen MR) is 78.5 cm³/mol. The summed E-state index contributed by atoms with van der Waals surface area (Å²) in [5, 5.41) is 4.67. The molecule has 96 valence electrons. The number of fused-ring (bicyclic) bond motifs is 1. The van der Waals surface area contributed by atoms with Crippen molar-refractivity contribution >= 4 is 26.7 Å². The second-order valence-electron chi connectivity index (χ2n) is 5.21. The molecule has 1 aliphatic heterocycles. The number of aromatic nitrogens is 1. The van der Waals surface area contributed by atoms with Gasteiger partial charge in [-0.1, -0.05) is 17.4 Å². The summed E-state index contributed by atoms with van der Waals surface area (Å²) in [5.74, 6) is 0. The number of rotatable bonds is 2. The largest absolute Gasteiger partial charge is 0.359 e. The number of piperidine rings is 1. The molecule has 1 aliphatic rings. The highest BCUT2D eigenvalue weighted by molar-refractivity contribution is 7.22. The van der Waals surface area contributed by atoms with Gasteiger partial charge in [0.15, 0.2) is 5.13 Å². The minimum atomic E-state index is 0.586. The lowest BCUT2D eigenvalue weighted by atomic mass is 10.1. The average Bonchev–Trinajstić information content (AvgIpc) is 2.73. The first kappa shape index (κ1) is 11.9. The first-order valence-corrected chi connectivity index (χ1v) is 7.34. The molecule has 2 aromatic rings. The van der Waals surface area contributed by atoms with Crippen LogP contribution in [0.5, 0.6) is 0 Å². The summed E-state index contributed by atoms with van der Waals surface area (Å²) >= 11 is 1.76. The van der Waals surface area contributed by atoms with E-state index in [9.17, 15) is 0 Å². The summed E-state index contributed by atoms with van der Waals surface area (Å²) in [7, 11) is 2.19. The van der Waals surface area contributed by atoms with Crippen molar-refractivity contribution in [1.82, 2.24) is 9.88 Å². The summed E-state index contributed by atoms with van der Waals surface area (Å²) in [4.78, 5) is 7.07. The Morgan fingerprint density at radius 1 is 1.33 bits per heavy atom. The van der Waals surface area contributed by atoms with E-state index in [1.165, 1.54) is 36.2 Å². The maximum Gasteiger partial charge on any atom is 0.184 e. The van der Waals surface area contributed by atoms with Crippen LogP contribution in [0.25, 0.3) is 10.2 Å². The molecule has 3 nitrogen and oxygen atoms in total. The first-order chi connectivity index (χ1) is 8.70. The number of thiazole rings is 1. The van der Waals surface area contributed by atoms with Gasteiger partial charge in [-0.3, -0.25) is 0 Å². The third-order valence-corrected chi connectivity index (χ3v) is 4.56. The van der Waals surface area contributed by atoms with Crippen LogP contribution >= 0.6 is 11.3 Å². The van der Waals surface area contributed by atoms with E-state index in [-0.39, 0.29) is 0 Å². The van der Waals surface area contributed by atoms with E-state index < -0.39 is 0 Å². The lowest BCUT2D eigenvalue weighted by molar-refractivity contribution is 0.264. The second-order valence-corrected chi connectivity index (χ2v) is 6.24. The molecule has 1 saturated heterocycles. The number of hydrogen-bond acceptors (Lipinski definition) is 4. The zero-order chi connectivity index (χ0) is 12.5. The number of hydrogen-bond donors (Lipinski definition) is 1. The molecular weight excluding hydrogens is 242 g/mol. The average molecular weight is 261 g/mol. The Balaban J connectivity index is 1.74. The minimum absolute atomic E-state index is 0.586. The summed E-state index contributed by atoms with van der Waals surface area (Å²) in [6.07, 6.45) is 2.43. The van der Waals surface area contributed by atoms with Gasteiger partial charge in [-0.2, -0.15) is 0 Å².